The highest BCUT2D eigenvalue weighted by atomic mass is 16.5. The van der Waals surface area contributed by atoms with E-state index in [1.807, 2.05) is 13.8 Å². The number of piperidine rings is 1. The van der Waals surface area contributed by atoms with E-state index in [2.05, 4.69) is 16.0 Å². The van der Waals surface area contributed by atoms with Gasteiger partial charge in [-0.3, -0.25) is 29.2 Å². The maximum atomic E-state index is 13.8. The van der Waals surface area contributed by atoms with Crippen molar-refractivity contribution in [2.45, 2.75) is 134 Å². The monoisotopic (exact) mass is 563 g/mol. The highest BCUT2D eigenvalue weighted by molar-refractivity contribution is 5.97. The van der Waals surface area contributed by atoms with Gasteiger partial charge in [0.15, 0.2) is 0 Å². The van der Waals surface area contributed by atoms with Crippen molar-refractivity contribution in [3.05, 3.63) is 0 Å². The number of hydrogen-bond donors (Lipinski definition) is 5. The van der Waals surface area contributed by atoms with Gasteiger partial charge in [0.25, 0.3) is 0 Å². The number of hydroxylamine groups is 1. The molecule has 226 valence electrons. The number of carbonyl (C=O) groups excluding carboxylic acids is 5. The van der Waals surface area contributed by atoms with Gasteiger partial charge in [-0.15, -0.1) is 0 Å². The molecule has 0 bridgehead atoms. The third kappa shape index (κ3) is 9.45. The van der Waals surface area contributed by atoms with E-state index in [0.29, 0.717) is 57.4 Å². The second kappa shape index (κ2) is 15.9. The van der Waals surface area contributed by atoms with Gasteiger partial charge in [0.1, 0.15) is 24.2 Å². The fourth-order valence-corrected chi connectivity index (χ4v) is 6.30. The highest BCUT2D eigenvalue weighted by Crippen LogP contribution is 2.28. The van der Waals surface area contributed by atoms with Crippen LogP contribution in [0.4, 0.5) is 0 Å². The van der Waals surface area contributed by atoms with Crippen LogP contribution in [0.5, 0.6) is 0 Å². The molecule has 4 atom stereocenters. The Balaban J connectivity index is 1.84. The van der Waals surface area contributed by atoms with E-state index in [1.54, 1.807) is 10.4 Å². The molecule has 5 N–H and O–H groups in total. The van der Waals surface area contributed by atoms with Crippen LogP contribution in [0, 0.1) is 11.8 Å². The summed E-state index contributed by atoms with van der Waals surface area (Å²) >= 11 is 0. The summed E-state index contributed by atoms with van der Waals surface area (Å²) in [7, 11) is 0. The van der Waals surface area contributed by atoms with Crippen molar-refractivity contribution in [2.24, 2.45) is 11.8 Å². The summed E-state index contributed by atoms with van der Waals surface area (Å²) in [5, 5.41) is 17.5. The molecule has 0 unspecified atom stereocenters. The zero-order valence-electron chi connectivity index (χ0n) is 24.2. The molecule has 11 nitrogen and oxygen atoms in total. The van der Waals surface area contributed by atoms with Crippen molar-refractivity contribution >= 4 is 29.5 Å². The predicted octanol–water partition coefficient (Wildman–Crippen LogP) is 2.31. The van der Waals surface area contributed by atoms with E-state index >= 15 is 0 Å². The maximum absolute atomic E-state index is 13.8. The lowest BCUT2D eigenvalue weighted by Gasteiger charge is -2.39. The molecule has 2 aliphatic heterocycles. The molecule has 2 saturated heterocycles. The first-order valence-corrected chi connectivity index (χ1v) is 15.3. The number of nitrogens with zero attached hydrogens (tertiary/aromatic N) is 1. The number of unbranched alkanes of at least 4 members (excludes halogenated alkanes) is 2. The van der Waals surface area contributed by atoms with Crippen LogP contribution in [0.3, 0.4) is 0 Å². The fraction of sp³-hybridized carbons (Fsp3) is 0.828. The molecule has 5 amide bonds. The van der Waals surface area contributed by atoms with E-state index in [4.69, 9.17) is 5.21 Å². The maximum Gasteiger partial charge on any atom is 0.245 e. The molecule has 0 spiro atoms. The van der Waals surface area contributed by atoms with Gasteiger partial charge >= 0.3 is 0 Å². The van der Waals surface area contributed by atoms with Crippen molar-refractivity contribution in [3.63, 3.8) is 0 Å². The minimum absolute atomic E-state index is 0.151. The van der Waals surface area contributed by atoms with E-state index in [-0.39, 0.29) is 30.1 Å². The molecule has 1 saturated carbocycles. The summed E-state index contributed by atoms with van der Waals surface area (Å²) in [6, 6.07) is -3.08. The van der Waals surface area contributed by atoms with Gasteiger partial charge in [0.05, 0.1) is 0 Å². The zero-order chi connectivity index (χ0) is 29.1. The smallest absolute Gasteiger partial charge is 0.245 e. The number of amides is 5. The van der Waals surface area contributed by atoms with Gasteiger partial charge in [-0.1, -0.05) is 58.8 Å². The topological polar surface area (TPSA) is 157 Å². The van der Waals surface area contributed by atoms with Crippen molar-refractivity contribution in [1.82, 2.24) is 26.3 Å². The Morgan fingerprint density at radius 3 is 2.20 bits per heavy atom. The molecule has 0 aromatic heterocycles. The molecule has 3 aliphatic rings. The molecule has 0 aromatic rings. The molecular weight excluding hydrogens is 514 g/mol. The summed E-state index contributed by atoms with van der Waals surface area (Å²) in [6.07, 6.45) is 10.7. The Morgan fingerprint density at radius 2 is 1.50 bits per heavy atom. The van der Waals surface area contributed by atoms with Crippen LogP contribution in [0.1, 0.15) is 110 Å². The van der Waals surface area contributed by atoms with Crippen molar-refractivity contribution < 1.29 is 29.2 Å². The number of nitrogens with one attached hydrogen (secondary N) is 4. The van der Waals surface area contributed by atoms with Crippen LogP contribution in [-0.2, 0) is 24.0 Å². The average molecular weight is 564 g/mol. The first kappa shape index (κ1) is 31.8. The lowest BCUT2D eigenvalue weighted by Crippen LogP contribution is -2.63. The Kier molecular flexibility index (Phi) is 12.7. The molecular formula is C29H49N5O6. The van der Waals surface area contributed by atoms with Gasteiger partial charge in [-0.25, -0.2) is 5.48 Å². The lowest BCUT2D eigenvalue weighted by molar-refractivity contribution is -0.147. The van der Waals surface area contributed by atoms with Gasteiger partial charge in [-0.2, -0.15) is 0 Å². The third-order valence-electron chi connectivity index (χ3n) is 8.49. The Labute approximate surface area is 237 Å². The zero-order valence-corrected chi connectivity index (χ0v) is 24.2. The summed E-state index contributed by atoms with van der Waals surface area (Å²) < 4.78 is 0. The second-order valence-electron chi connectivity index (χ2n) is 12.2. The van der Waals surface area contributed by atoms with Crippen LogP contribution < -0.4 is 21.4 Å². The Bertz CT molecular complexity index is 890. The molecule has 0 aromatic carbocycles. The number of rotatable bonds is 10. The normalized spacial score (nSPS) is 27.1. The molecule has 11 heteroatoms. The summed E-state index contributed by atoms with van der Waals surface area (Å²) in [6.45, 7) is 4.44. The van der Waals surface area contributed by atoms with Gasteiger partial charge < -0.3 is 20.9 Å². The molecule has 0 radical (unpaired) electrons. The average Bonchev–Trinajstić information content (AvgIpc) is 2.94. The standard InChI is InChI=1S/C29H49N5O6/c1-19(2)17-23-29(39)34-16-10-9-14-24(34)28(38)30-21(13-7-4-8-15-25(35)33-40)26(36)31-22(27(37)32-23)18-20-11-5-3-6-12-20/h19-24,40H,3-18H2,1-2H3,(H,30,38)(H,31,36)(H,32,37)(H,33,35)/t21-,22+,23-,24+/m0/s1. The highest BCUT2D eigenvalue weighted by Gasteiger charge is 2.40. The van der Waals surface area contributed by atoms with E-state index in [1.165, 1.54) is 6.42 Å². The van der Waals surface area contributed by atoms with E-state index in [0.717, 1.165) is 38.5 Å². The van der Waals surface area contributed by atoms with Gasteiger partial charge in [-0.05, 0) is 56.8 Å². The first-order chi connectivity index (χ1) is 19.2. The third-order valence-corrected chi connectivity index (χ3v) is 8.49. The number of fused-ring (bicyclic) bond motifs is 1. The van der Waals surface area contributed by atoms with Crippen molar-refractivity contribution in [1.29, 1.82) is 0 Å². The van der Waals surface area contributed by atoms with Crippen LogP contribution >= 0.6 is 0 Å². The molecule has 40 heavy (non-hydrogen) atoms. The number of hydrogen-bond acceptors (Lipinski definition) is 6. The molecule has 2 heterocycles. The van der Waals surface area contributed by atoms with Crippen LogP contribution in [-0.4, -0.2) is 70.4 Å². The molecule has 1 aliphatic carbocycles. The van der Waals surface area contributed by atoms with Crippen molar-refractivity contribution in [2.75, 3.05) is 6.54 Å². The fourth-order valence-electron chi connectivity index (χ4n) is 6.30. The predicted molar refractivity (Wildman–Crippen MR) is 149 cm³/mol. The van der Waals surface area contributed by atoms with Gasteiger partial charge in [0.2, 0.25) is 29.5 Å². The lowest BCUT2D eigenvalue weighted by atomic mass is 9.84. The SMILES string of the molecule is CC(C)C[C@@H]1NC(=O)[C@@H](CC2CCCCC2)NC(=O)[C@H](CCCCCC(=O)NO)NC(=O)[C@H]2CCCCN2C1=O. The van der Waals surface area contributed by atoms with Crippen LogP contribution in [0.15, 0.2) is 0 Å². The minimum Gasteiger partial charge on any atom is -0.343 e. The summed E-state index contributed by atoms with van der Waals surface area (Å²) in [5.41, 5.74) is 1.61. The molecule has 3 rings (SSSR count). The van der Waals surface area contributed by atoms with Crippen LogP contribution in [0.25, 0.3) is 0 Å². The Hall–Kier alpha value is -2.69. The quantitative estimate of drug-likeness (QED) is 0.156. The van der Waals surface area contributed by atoms with Crippen molar-refractivity contribution in [3.8, 4) is 0 Å². The van der Waals surface area contributed by atoms with Gasteiger partial charge in [0, 0.05) is 13.0 Å². The molecule has 3 fully saturated rings. The largest absolute Gasteiger partial charge is 0.343 e. The first-order valence-electron chi connectivity index (χ1n) is 15.3. The second-order valence-corrected chi connectivity index (χ2v) is 12.2. The summed E-state index contributed by atoms with van der Waals surface area (Å²) in [5.74, 6) is -1.31. The van der Waals surface area contributed by atoms with E-state index in [9.17, 15) is 24.0 Å². The summed E-state index contributed by atoms with van der Waals surface area (Å²) in [4.78, 5) is 67.5. The Morgan fingerprint density at radius 1 is 0.850 bits per heavy atom. The van der Waals surface area contributed by atoms with Crippen LogP contribution in [0.2, 0.25) is 0 Å². The number of carbonyl (C=O) groups is 5. The van der Waals surface area contributed by atoms with E-state index < -0.39 is 36.0 Å². The minimum atomic E-state index is -0.856.